The highest BCUT2D eigenvalue weighted by atomic mass is 35.5. The lowest BCUT2D eigenvalue weighted by atomic mass is 10.1. The number of ketones is 1. The first kappa shape index (κ1) is 13.7. The molecule has 106 valence electrons. The van der Waals surface area contributed by atoms with Gasteiger partial charge in [0.2, 0.25) is 0 Å². The van der Waals surface area contributed by atoms with Crippen LogP contribution in [-0.2, 0) is 24.3 Å². The predicted octanol–water partition coefficient (Wildman–Crippen LogP) is 3.26. The number of nitrogens with zero attached hydrogens (tertiary/aromatic N) is 2. The summed E-state index contributed by atoms with van der Waals surface area (Å²) in [5.74, 6) is 0.238. The average Bonchev–Trinajstić information content (AvgIpc) is 2.69. The Morgan fingerprint density at radius 1 is 1.40 bits per heavy atom. The fourth-order valence-corrected chi connectivity index (χ4v) is 3.25. The van der Waals surface area contributed by atoms with E-state index in [-0.39, 0.29) is 5.78 Å². The van der Waals surface area contributed by atoms with E-state index in [4.69, 9.17) is 11.6 Å². The van der Waals surface area contributed by atoms with Crippen molar-refractivity contribution < 1.29 is 4.79 Å². The number of halogens is 1. The van der Waals surface area contributed by atoms with Gasteiger partial charge in [0.1, 0.15) is 5.78 Å². The number of aryl methyl sites for hydroxylation is 1. The maximum absolute atomic E-state index is 11.3. The molecule has 0 N–H and O–H groups in total. The zero-order chi connectivity index (χ0) is 14.3. The molecule has 2 aromatic rings. The molecule has 4 heteroatoms. The standard InChI is InChI=1S/C16H19ClN2O/c1-11(20)5-8-19-15-4-3-12(17)9-13(15)14-10-18(2)7-6-16(14)19/h3-4,9H,5-8,10H2,1-2H3. The highest BCUT2D eigenvalue weighted by Gasteiger charge is 2.22. The molecule has 2 heterocycles. The molecule has 3 rings (SSSR count). The van der Waals surface area contributed by atoms with E-state index in [2.05, 4.69) is 28.6 Å². The van der Waals surface area contributed by atoms with Gasteiger partial charge in [0.15, 0.2) is 0 Å². The molecule has 0 spiro atoms. The molecule has 0 radical (unpaired) electrons. The normalized spacial score (nSPS) is 15.6. The van der Waals surface area contributed by atoms with Crippen molar-refractivity contribution in [1.29, 1.82) is 0 Å². The van der Waals surface area contributed by atoms with E-state index in [0.717, 1.165) is 31.1 Å². The van der Waals surface area contributed by atoms with Crippen molar-refractivity contribution in [3.05, 3.63) is 34.5 Å². The molecule has 3 nitrogen and oxygen atoms in total. The Bertz CT molecular complexity index is 675. The monoisotopic (exact) mass is 290 g/mol. The molecule has 20 heavy (non-hydrogen) atoms. The first-order valence-corrected chi connectivity index (χ1v) is 7.41. The van der Waals surface area contributed by atoms with Gasteiger partial charge in [-0.1, -0.05) is 11.6 Å². The third-order valence-electron chi connectivity index (χ3n) is 4.09. The smallest absolute Gasteiger partial charge is 0.131 e. The Hall–Kier alpha value is -1.32. The fourth-order valence-electron chi connectivity index (χ4n) is 3.08. The molecule has 0 unspecified atom stereocenters. The van der Waals surface area contributed by atoms with Crippen molar-refractivity contribution >= 4 is 28.3 Å². The molecule has 0 saturated carbocycles. The average molecular weight is 291 g/mol. The van der Waals surface area contributed by atoms with Crippen LogP contribution in [0.2, 0.25) is 5.02 Å². The minimum atomic E-state index is 0.238. The molecule has 1 aromatic heterocycles. The molecular formula is C16H19ClN2O. The second kappa shape index (κ2) is 5.23. The largest absolute Gasteiger partial charge is 0.344 e. The number of hydrogen-bond donors (Lipinski definition) is 0. The Labute approximate surface area is 124 Å². The van der Waals surface area contributed by atoms with E-state index < -0.39 is 0 Å². The zero-order valence-electron chi connectivity index (χ0n) is 11.9. The fraction of sp³-hybridized carbons (Fsp3) is 0.438. The maximum Gasteiger partial charge on any atom is 0.131 e. The topological polar surface area (TPSA) is 25.2 Å². The van der Waals surface area contributed by atoms with Crippen molar-refractivity contribution in [1.82, 2.24) is 9.47 Å². The molecule has 1 aromatic carbocycles. The summed E-state index contributed by atoms with van der Waals surface area (Å²) in [5.41, 5.74) is 3.96. The number of rotatable bonds is 3. The summed E-state index contributed by atoms with van der Waals surface area (Å²) in [6, 6.07) is 6.07. The lowest BCUT2D eigenvalue weighted by molar-refractivity contribution is -0.117. The van der Waals surface area contributed by atoms with Crippen LogP contribution in [0.15, 0.2) is 18.2 Å². The Morgan fingerprint density at radius 3 is 2.95 bits per heavy atom. The van der Waals surface area contributed by atoms with E-state index in [1.165, 1.54) is 22.2 Å². The molecular weight excluding hydrogens is 272 g/mol. The van der Waals surface area contributed by atoms with Gasteiger partial charge < -0.3 is 9.47 Å². The summed E-state index contributed by atoms with van der Waals surface area (Å²) in [7, 11) is 2.15. The molecule has 0 amide bonds. The van der Waals surface area contributed by atoms with E-state index >= 15 is 0 Å². The van der Waals surface area contributed by atoms with Crippen LogP contribution < -0.4 is 0 Å². The zero-order valence-corrected chi connectivity index (χ0v) is 12.7. The van der Waals surface area contributed by atoms with Crippen LogP contribution in [0.3, 0.4) is 0 Å². The SMILES string of the molecule is CC(=O)CCn1c2c(c3cc(Cl)ccc31)CN(C)CC2. The van der Waals surface area contributed by atoms with Gasteiger partial charge in [-0.2, -0.15) is 0 Å². The van der Waals surface area contributed by atoms with Gasteiger partial charge in [0.05, 0.1) is 0 Å². The van der Waals surface area contributed by atoms with E-state index in [1.54, 1.807) is 6.92 Å². The van der Waals surface area contributed by atoms with Crippen molar-refractivity contribution in [2.75, 3.05) is 13.6 Å². The van der Waals surface area contributed by atoms with Gasteiger partial charge in [-0.15, -0.1) is 0 Å². The molecule has 0 fully saturated rings. The van der Waals surface area contributed by atoms with Crippen molar-refractivity contribution in [3.8, 4) is 0 Å². The highest BCUT2D eigenvalue weighted by molar-refractivity contribution is 6.31. The number of hydrogen-bond acceptors (Lipinski definition) is 2. The first-order valence-electron chi connectivity index (χ1n) is 7.03. The number of carbonyl (C=O) groups excluding carboxylic acids is 1. The molecule has 0 atom stereocenters. The third kappa shape index (κ3) is 2.36. The number of likely N-dealkylation sites (N-methyl/N-ethyl adjacent to an activating group) is 1. The quantitative estimate of drug-likeness (QED) is 0.867. The second-order valence-corrected chi connectivity index (χ2v) is 6.11. The summed E-state index contributed by atoms with van der Waals surface area (Å²) in [5, 5.41) is 2.01. The van der Waals surface area contributed by atoms with E-state index in [1.807, 2.05) is 6.07 Å². The van der Waals surface area contributed by atoms with E-state index in [9.17, 15) is 4.79 Å². The molecule has 0 saturated heterocycles. The minimum absolute atomic E-state index is 0.238. The minimum Gasteiger partial charge on any atom is -0.344 e. The lowest BCUT2D eigenvalue weighted by Crippen LogP contribution is -2.27. The number of Topliss-reactive ketones (excluding diaryl/α,β-unsaturated/α-hetero) is 1. The molecule has 0 bridgehead atoms. The van der Waals surface area contributed by atoms with Crippen LogP contribution in [0.4, 0.5) is 0 Å². The van der Waals surface area contributed by atoms with Crippen LogP contribution in [-0.4, -0.2) is 28.8 Å². The summed E-state index contributed by atoms with van der Waals surface area (Å²) in [4.78, 5) is 13.6. The number of carbonyl (C=O) groups is 1. The maximum atomic E-state index is 11.3. The van der Waals surface area contributed by atoms with Gasteiger partial charge in [-0.05, 0) is 37.7 Å². The van der Waals surface area contributed by atoms with Crippen LogP contribution in [0.25, 0.3) is 10.9 Å². The van der Waals surface area contributed by atoms with Crippen LogP contribution in [0.1, 0.15) is 24.6 Å². The summed E-state index contributed by atoms with van der Waals surface area (Å²) in [6.45, 7) is 4.45. The second-order valence-electron chi connectivity index (χ2n) is 5.68. The highest BCUT2D eigenvalue weighted by Crippen LogP contribution is 2.32. The summed E-state index contributed by atoms with van der Waals surface area (Å²) in [6.07, 6.45) is 1.63. The number of fused-ring (bicyclic) bond motifs is 3. The first-order chi connectivity index (χ1) is 9.56. The van der Waals surface area contributed by atoms with Crippen molar-refractivity contribution in [2.24, 2.45) is 0 Å². The van der Waals surface area contributed by atoms with Crippen molar-refractivity contribution in [3.63, 3.8) is 0 Å². The van der Waals surface area contributed by atoms with Crippen LogP contribution in [0.5, 0.6) is 0 Å². The van der Waals surface area contributed by atoms with Gasteiger partial charge in [-0.25, -0.2) is 0 Å². The number of aromatic nitrogens is 1. The predicted molar refractivity (Wildman–Crippen MR) is 82.3 cm³/mol. The van der Waals surface area contributed by atoms with E-state index in [0.29, 0.717) is 6.42 Å². The Balaban J connectivity index is 2.15. The molecule has 0 aliphatic carbocycles. The third-order valence-corrected chi connectivity index (χ3v) is 4.33. The van der Waals surface area contributed by atoms with Gasteiger partial charge in [-0.3, -0.25) is 4.79 Å². The number of benzene rings is 1. The molecule has 1 aliphatic rings. The van der Waals surface area contributed by atoms with Crippen LogP contribution in [0, 0.1) is 0 Å². The van der Waals surface area contributed by atoms with Crippen LogP contribution >= 0.6 is 11.6 Å². The van der Waals surface area contributed by atoms with Gasteiger partial charge in [0.25, 0.3) is 0 Å². The van der Waals surface area contributed by atoms with Crippen molar-refractivity contribution in [2.45, 2.75) is 32.9 Å². The lowest BCUT2D eigenvalue weighted by Gasteiger charge is -2.24. The van der Waals surface area contributed by atoms with Gasteiger partial charge in [0, 0.05) is 54.1 Å². The Kier molecular flexibility index (Phi) is 3.57. The Morgan fingerprint density at radius 2 is 2.20 bits per heavy atom. The molecule has 1 aliphatic heterocycles. The summed E-state index contributed by atoms with van der Waals surface area (Å²) < 4.78 is 2.31. The summed E-state index contributed by atoms with van der Waals surface area (Å²) >= 11 is 6.16. The van der Waals surface area contributed by atoms with Gasteiger partial charge >= 0.3 is 0 Å².